The molecule has 0 radical (unpaired) electrons. The molecule has 3 heteroatoms. The van der Waals surface area contributed by atoms with E-state index in [9.17, 15) is 0 Å². The second kappa shape index (κ2) is 13.9. The fraction of sp³-hybridized carbons (Fsp3) is 0.0492. The highest BCUT2D eigenvalue weighted by molar-refractivity contribution is 6.22. The molecule has 13 rings (SSSR count). The molecule has 2 aromatic heterocycles. The summed E-state index contributed by atoms with van der Waals surface area (Å²) in [7, 11) is 0. The maximum atomic E-state index is 2.50. The largest absolute Gasteiger partial charge is 0.310 e. The Morgan fingerprint density at radius 2 is 0.953 bits per heavy atom. The molecule has 0 amide bonds. The molecule has 1 aliphatic carbocycles. The van der Waals surface area contributed by atoms with Crippen LogP contribution in [-0.4, -0.2) is 9.13 Å². The van der Waals surface area contributed by atoms with Gasteiger partial charge in [0, 0.05) is 55.4 Å². The van der Waals surface area contributed by atoms with Crippen molar-refractivity contribution in [2.75, 3.05) is 4.90 Å². The number of anilines is 3. The van der Waals surface area contributed by atoms with Crippen LogP contribution in [0, 0.1) is 0 Å². The standard InChI is InChI=1S/C61H43N3/c1-61(2)54-23-13-11-21-49(54)50-34-31-46(38-55(50)61)64-57-36-28-41-15-9-10-20-48(41)60(57)53-33-27-42(37-58(53)64)40-25-29-45(30-26-40)62(43-16-5-3-6-17-43)47-32-35-52-51-22-12-14-24-56(51)63(59(52)39-47)44-18-7-4-8-19-44/h3-39H,1-2H3. The fourth-order valence-electron chi connectivity index (χ4n) is 10.9. The van der Waals surface area contributed by atoms with Gasteiger partial charge in [-0.2, -0.15) is 0 Å². The second-order valence-corrected chi connectivity index (χ2v) is 17.8. The highest BCUT2D eigenvalue weighted by atomic mass is 15.1. The summed E-state index contributed by atoms with van der Waals surface area (Å²) < 4.78 is 4.89. The Balaban J connectivity index is 0.956. The number of fused-ring (bicyclic) bond motifs is 11. The zero-order valence-corrected chi connectivity index (χ0v) is 35.7. The Hall–Kier alpha value is -8.14. The molecular weight excluding hydrogens is 775 g/mol. The number of aromatic nitrogens is 2. The predicted molar refractivity (Wildman–Crippen MR) is 270 cm³/mol. The van der Waals surface area contributed by atoms with Gasteiger partial charge in [0.15, 0.2) is 0 Å². The summed E-state index contributed by atoms with van der Waals surface area (Å²) in [6.07, 6.45) is 0. The molecule has 0 saturated carbocycles. The van der Waals surface area contributed by atoms with E-state index in [1.54, 1.807) is 0 Å². The van der Waals surface area contributed by atoms with Gasteiger partial charge in [0.1, 0.15) is 0 Å². The summed E-state index contributed by atoms with van der Waals surface area (Å²) in [5, 5.41) is 7.56. The van der Waals surface area contributed by atoms with E-state index in [4.69, 9.17) is 0 Å². The monoisotopic (exact) mass is 817 g/mol. The third-order valence-electron chi connectivity index (χ3n) is 13.9. The van der Waals surface area contributed by atoms with Gasteiger partial charge in [0.25, 0.3) is 0 Å². The van der Waals surface area contributed by atoms with Crippen molar-refractivity contribution in [1.29, 1.82) is 0 Å². The fourth-order valence-corrected chi connectivity index (χ4v) is 10.9. The number of benzene rings is 10. The van der Waals surface area contributed by atoms with Crippen molar-refractivity contribution in [3.8, 4) is 33.6 Å². The first-order valence-corrected chi connectivity index (χ1v) is 22.3. The van der Waals surface area contributed by atoms with Gasteiger partial charge in [0.05, 0.1) is 22.1 Å². The van der Waals surface area contributed by atoms with E-state index in [2.05, 4.69) is 252 Å². The quantitative estimate of drug-likeness (QED) is 0.163. The molecule has 0 aliphatic heterocycles. The molecule has 12 aromatic rings. The van der Waals surface area contributed by atoms with Gasteiger partial charge in [-0.15, -0.1) is 0 Å². The predicted octanol–water partition coefficient (Wildman–Crippen LogP) is 16.5. The van der Waals surface area contributed by atoms with Crippen molar-refractivity contribution in [3.05, 3.63) is 236 Å². The van der Waals surface area contributed by atoms with Crippen LogP contribution in [0.25, 0.3) is 88.0 Å². The van der Waals surface area contributed by atoms with Crippen molar-refractivity contribution >= 4 is 71.4 Å². The highest BCUT2D eigenvalue weighted by Gasteiger charge is 2.35. The van der Waals surface area contributed by atoms with Crippen LogP contribution in [0.3, 0.4) is 0 Å². The van der Waals surface area contributed by atoms with Gasteiger partial charge >= 0.3 is 0 Å². The average Bonchev–Trinajstić information content (AvgIpc) is 3.95. The Labute approximate surface area is 372 Å². The van der Waals surface area contributed by atoms with Gasteiger partial charge in [-0.3, -0.25) is 0 Å². The molecule has 2 heterocycles. The zero-order valence-electron chi connectivity index (χ0n) is 35.7. The van der Waals surface area contributed by atoms with Crippen LogP contribution in [0.5, 0.6) is 0 Å². The highest BCUT2D eigenvalue weighted by Crippen LogP contribution is 2.50. The number of hydrogen-bond donors (Lipinski definition) is 0. The lowest BCUT2D eigenvalue weighted by Crippen LogP contribution is -2.15. The van der Waals surface area contributed by atoms with Crippen molar-refractivity contribution < 1.29 is 0 Å². The first kappa shape index (κ1) is 36.5. The Morgan fingerprint density at radius 3 is 1.80 bits per heavy atom. The van der Waals surface area contributed by atoms with Crippen molar-refractivity contribution in [2.45, 2.75) is 19.3 Å². The molecule has 0 N–H and O–H groups in total. The molecule has 0 atom stereocenters. The van der Waals surface area contributed by atoms with Crippen molar-refractivity contribution in [2.24, 2.45) is 0 Å². The van der Waals surface area contributed by atoms with Crippen LogP contribution in [0.2, 0.25) is 0 Å². The lowest BCUT2D eigenvalue weighted by atomic mass is 9.82. The van der Waals surface area contributed by atoms with Crippen LogP contribution < -0.4 is 4.90 Å². The maximum Gasteiger partial charge on any atom is 0.0561 e. The zero-order chi connectivity index (χ0) is 42.5. The molecular formula is C61H43N3. The van der Waals surface area contributed by atoms with Crippen molar-refractivity contribution in [1.82, 2.24) is 9.13 Å². The summed E-state index contributed by atoms with van der Waals surface area (Å²) >= 11 is 0. The minimum absolute atomic E-state index is 0.0972. The van der Waals surface area contributed by atoms with E-state index in [0.29, 0.717) is 0 Å². The third kappa shape index (κ3) is 5.41. The summed E-state index contributed by atoms with van der Waals surface area (Å²) in [5.74, 6) is 0. The van der Waals surface area contributed by atoms with Gasteiger partial charge in [-0.1, -0.05) is 159 Å². The number of rotatable bonds is 6. The van der Waals surface area contributed by atoms with E-state index >= 15 is 0 Å². The molecule has 0 fully saturated rings. The topological polar surface area (TPSA) is 13.1 Å². The van der Waals surface area contributed by atoms with E-state index < -0.39 is 0 Å². The molecule has 0 bridgehead atoms. The van der Waals surface area contributed by atoms with Gasteiger partial charge < -0.3 is 14.0 Å². The Kier molecular flexibility index (Phi) is 7.95. The molecule has 64 heavy (non-hydrogen) atoms. The summed E-state index contributed by atoms with van der Waals surface area (Å²) in [4.78, 5) is 2.37. The molecule has 0 unspecified atom stereocenters. The van der Waals surface area contributed by atoms with Crippen LogP contribution >= 0.6 is 0 Å². The van der Waals surface area contributed by atoms with E-state index in [1.807, 2.05) is 0 Å². The van der Waals surface area contributed by atoms with E-state index in [0.717, 1.165) is 22.7 Å². The maximum absolute atomic E-state index is 2.50. The molecule has 302 valence electrons. The van der Waals surface area contributed by atoms with Crippen molar-refractivity contribution in [3.63, 3.8) is 0 Å². The molecule has 0 saturated heterocycles. The first-order valence-electron chi connectivity index (χ1n) is 22.3. The van der Waals surface area contributed by atoms with Crippen LogP contribution in [-0.2, 0) is 5.41 Å². The van der Waals surface area contributed by atoms with Gasteiger partial charge in [-0.05, 0) is 123 Å². The molecule has 0 spiro atoms. The Bertz CT molecular complexity index is 3800. The summed E-state index contributed by atoms with van der Waals surface area (Å²) in [6.45, 7) is 4.73. The van der Waals surface area contributed by atoms with Crippen LogP contribution in [0.4, 0.5) is 17.1 Å². The third-order valence-corrected chi connectivity index (χ3v) is 13.9. The molecule has 3 nitrogen and oxygen atoms in total. The SMILES string of the molecule is CC1(C)c2ccccc2-c2ccc(-n3c4cc(-c5ccc(N(c6ccccc6)c6ccc7c8ccccc8n(-c8ccccc8)c7c6)cc5)ccc4c4c5ccccc5ccc43)cc21. The number of para-hydroxylation sites is 3. The lowest BCUT2D eigenvalue weighted by molar-refractivity contribution is 0.660. The second-order valence-electron chi connectivity index (χ2n) is 17.8. The first-order chi connectivity index (χ1) is 31.5. The van der Waals surface area contributed by atoms with Gasteiger partial charge in [0.2, 0.25) is 0 Å². The van der Waals surface area contributed by atoms with Gasteiger partial charge in [-0.25, -0.2) is 0 Å². The molecule has 1 aliphatic rings. The van der Waals surface area contributed by atoms with Crippen LogP contribution in [0.1, 0.15) is 25.0 Å². The van der Waals surface area contributed by atoms with E-state index in [-0.39, 0.29) is 5.41 Å². The summed E-state index contributed by atoms with van der Waals surface area (Å²) in [6, 6.07) is 82.6. The number of hydrogen-bond acceptors (Lipinski definition) is 1. The minimum atomic E-state index is -0.0972. The normalized spacial score (nSPS) is 13.0. The Morgan fingerprint density at radius 1 is 0.344 bits per heavy atom. The smallest absolute Gasteiger partial charge is 0.0561 e. The van der Waals surface area contributed by atoms with Crippen LogP contribution in [0.15, 0.2) is 224 Å². The lowest BCUT2D eigenvalue weighted by Gasteiger charge is -2.26. The minimum Gasteiger partial charge on any atom is -0.310 e. The van der Waals surface area contributed by atoms with E-state index in [1.165, 1.54) is 93.5 Å². The summed E-state index contributed by atoms with van der Waals surface area (Å²) in [5.41, 5.74) is 18.1. The number of nitrogens with zero attached hydrogens (tertiary/aromatic N) is 3. The molecule has 10 aromatic carbocycles. The average molecular weight is 818 g/mol.